The van der Waals surface area contributed by atoms with Crippen LogP contribution in [0.1, 0.15) is 12.8 Å². The Morgan fingerprint density at radius 3 is 2.59 bits per heavy atom. The fourth-order valence-corrected chi connectivity index (χ4v) is 4.67. The number of fused-ring (bicyclic) bond motifs is 3. The van der Waals surface area contributed by atoms with Crippen molar-refractivity contribution >= 4 is 40.3 Å². The number of aromatic nitrogens is 4. The predicted molar refractivity (Wildman–Crippen MR) is 119 cm³/mol. The number of para-hydroxylation sites is 1. The van der Waals surface area contributed by atoms with Gasteiger partial charge in [-0.05, 0) is 42.8 Å². The molecule has 0 saturated carbocycles. The maximum atomic E-state index is 13.3. The van der Waals surface area contributed by atoms with Gasteiger partial charge in [0.2, 0.25) is 17.6 Å². The summed E-state index contributed by atoms with van der Waals surface area (Å²) < 4.78 is 8.48. The Morgan fingerprint density at radius 1 is 1.09 bits per heavy atom. The summed E-state index contributed by atoms with van der Waals surface area (Å²) in [5.41, 5.74) is 1.05. The van der Waals surface area contributed by atoms with Crippen LogP contribution >= 0.6 is 11.8 Å². The van der Waals surface area contributed by atoms with Gasteiger partial charge in [0.1, 0.15) is 5.75 Å². The van der Waals surface area contributed by atoms with Crippen LogP contribution in [0.15, 0.2) is 58.5 Å². The van der Waals surface area contributed by atoms with Crippen molar-refractivity contribution in [3.8, 4) is 11.4 Å². The number of amides is 2. The Morgan fingerprint density at radius 2 is 1.88 bits per heavy atom. The highest BCUT2D eigenvalue weighted by Crippen LogP contribution is 2.24. The van der Waals surface area contributed by atoms with Gasteiger partial charge in [0.15, 0.2) is 5.16 Å². The third kappa shape index (κ3) is 3.32. The molecule has 2 aromatic heterocycles. The zero-order chi connectivity index (χ0) is 22.2. The number of rotatable bonds is 5. The summed E-state index contributed by atoms with van der Waals surface area (Å²) in [5.74, 6) is 0.683. The van der Waals surface area contributed by atoms with Gasteiger partial charge in [-0.15, -0.1) is 10.2 Å². The number of thioether (sulfide) groups is 1. The van der Waals surface area contributed by atoms with Crippen LogP contribution in [0.5, 0.6) is 5.75 Å². The molecule has 162 valence electrons. The molecule has 0 spiro atoms. The number of methoxy groups -OCH3 is 1. The lowest BCUT2D eigenvalue weighted by Crippen LogP contribution is -2.33. The number of carbonyl (C=O) groups excluding carboxylic acids is 2. The number of imide groups is 1. The molecular formula is C22H19N5O4S. The van der Waals surface area contributed by atoms with E-state index in [1.165, 1.54) is 21.2 Å². The van der Waals surface area contributed by atoms with Crippen molar-refractivity contribution in [1.82, 2.24) is 24.1 Å². The van der Waals surface area contributed by atoms with Crippen molar-refractivity contribution in [2.75, 3.05) is 19.4 Å². The van der Waals surface area contributed by atoms with Crippen LogP contribution in [0.3, 0.4) is 0 Å². The zero-order valence-electron chi connectivity index (χ0n) is 17.2. The number of benzene rings is 2. The van der Waals surface area contributed by atoms with E-state index in [4.69, 9.17) is 4.74 Å². The van der Waals surface area contributed by atoms with Gasteiger partial charge in [-0.2, -0.15) is 0 Å². The van der Waals surface area contributed by atoms with Gasteiger partial charge in [-0.1, -0.05) is 23.9 Å². The SMILES string of the molecule is COc1ccc(-n2c(=O)c3ccccc3n3c(SCC(=O)N4CCCC4=O)nnc23)cc1. The largest absolute Gasteiger partial charge is 0.497 e. The Bertz CT molecular complexity index is 1410. The minimum absolute atomic E-state index is 0.0581. The van der Waals surface area contributed by atoms with Crippen LogP contribution in [0, 0.1) is 0 Å². The molecule has 1 saturated heterocycles. The molecule has 0 atom stereocenters. The minimum atomic E-state index is -0.248. The van der Waals surface area contributed by atoms with E-state index in [2.05, 4.69) is 10.2 Å². The van der Waals surface area contributed by atoms with Gasteiger partial charge < -0.3 is 4.74 Å². The highest BCUT2D eigenvalue weighted by molar-refractivity contribution is 7.99. The number of ether oxygens (including phenoxy) is 1. The molecule has 3 heterocycles. The first kappa shape index (κ1) is 20.3. The lowest BCUT2D eigenvalue weighted by Gasteiger charge is -2.13. The fraction of sp³-hybridized carbons (Fsp3) is 0.227. The van der Waals surface area contributed by atoms with Crippen LogP contribution in [0.4, 0.5) is 0 Å². The second kappa shape index (κ2) is 8.12. The van der Waals surface area contributed by atoms with E-state index >= 15 is 0 Å². The normalized spacial score (nSPS) is 13.9. The quantitative estimate of drug-likeness (QED) is 0.431. The first-order valence-electron chi connectivity index (χ1n) is 10.1. The van der Waals surface area contributed by atoms with Crippen LogP contribution in [-0.2, 0) is 9.59 Å². The van der Waals surface area contributed by atoms with Gasteiger partial charge in [-0.3, -0.25) is 23.7 Å². The lowest BCUT2D eigenvalue weighted by molar-refractivity contribution is -0.140. The van der Waals surface area contributed by atoms with Crippen LogP contribution in [-0.4, -0.2) is 55.3 Å². The van der Waals surface area contributed by atoms with Crippen LogP contribution < -0.4 is 10.3 Å². The zero-order valence-corrected chi connectivity index (χ0v) is 18.0. The van der Waals surface area contributed by atoms with E-state index in [0.29, 0.717) is 52.7 Å². The first-order valence-corrected chi connectivity index (χ1v) is 11.1. The van der Waals surface area contributed by atoms with Crippen molar-refractivity contribution < 1.29 is 14.3 Å². The number of nitrogens with zero attached hydrogens (tertiary/aromatic N) is 5. The van der Waals surface area contributed by atoms with E-state index in [1.54, 1.807) is 47.9 Å². The molecule has 5 rings (SSSR count). The van der Waals surface area contributed by atoms with E-state index in [1.807, 2.05) is 12.1 Å². The topological polar surface area (TPSA) is 98.8 Å². The average molecular weight is 449 g/mol. The molecule has 1 aliphatic rings. The number of carbonyl (C=O) groups is 2. The molecule has 1 aliphatic heterocycles. The summed E-state index contributed by atoms with van der Waals surface area (Å²) >= 11 is 1.19. The highest BCUT2D eigenvalue weighted by atomic mass is 32.2. The van der Waals surface area contributed by atoms with Gasteiger partial charge in [0, 0.05) is 13.0 Å². The second-order valence-corrected chi connectivity index (χ2v) is 8.25. The summed E-state index contributed by atoms with van der Waals surface area (Å²) in [6.07, 6.45) is 1.10. The summed E-state index contributed by atoms with van der Waals surface area (Å²) in [7, 11) is 1.58. The third-order valence-electron chi connectivity index (χ3n) is 5.42. The van der Waals surface area contributed by atoms with E-state index < -0.39 is 0 Å². The van der Waals surface area contributed by atoms with Crippen molar-refractivity contribution in [3.63, 3.8) is 0 Å². The molecule has 0 unspecified atom stereocenters. The molecule has 32 heavy (non-hydrogen) atoms. The summed E-state index contributed by atoms with van der Waals surface area (Å²) in [6, 6.07) is 14.3. The molecule has 9 nitrogen and oxygen atoms in total. The summed E-state index contributed by atoms with van der Waals surface area (Å²) in [5, 5.41) is 9.50. The molecule has 1 fully saturated rings. The predicted octanol–water partition coefficient (Wildman–Crippen LogP) is 2.28. The number of hydrogen-bond donors (Lipinski definition) is 0. The highest BCUT2D eigenvalue weighted by Gasteiger charge is 2.27. The molecule has 0 N–H and O–H groups in total. The molecule has 10 heteroatoms. The Kier molecular flexibility index (Phi) is 5.14. The van der Waals surface area contributed by atoms with E-state index in [-0.39, 0.29) is 23.1 Å². The standard InChI is InChI=1S/C22H19N5O4S/c1-31-15-10-8-14(9-11-15)26-20(30)16-5-2-3-6-17(16)27-21(26)23-24-22(27)32-13-19(29)25-12-4-7-18(25)28/h2-3,5-6,8-11H,4,7,12-13H2,1H3. The van der Waals surface area contributed by atoms with Gasteiger partial charge in [0.05, 0.1) is 29.5 Å². The van der Waals surface area contributed by atoms with Gasteiger partial charge in [0.25, 0.3) is 5.56 Å². The van der Waals surface area contributed by atoms with Crippen molar-refractivity contribution in [2.45, 2.75) is 18.0 Å². The monoisotopic (exact) mass is 449 g/mol. The first-order chi connectivity index (χ1) is 15.6. The van der Waals surface area contributed by atoms with Crippen LogP contribution in [0.2, 0.25) is 0 Å². The Labute approximate surface area is 186 Å². The molecule has 0 aliphatic carbocycles. The van der Waals surface area contributed by atoms with Gasteiger partial charge in [-0.25, -0.2) is 4.57 Å². The summed E-state index contributed by atoms with van der Waals surface area (Å²) in [4.78, 5) is 39.0. The number of hydrogen-bond acceptors (Lipinski definition) is 7. The van der Waals surface area contributed by atoms with E-state index in [9.17, 15) is 14.4 Å². The number of likely N-dealkylation sites (tertiary alicyclic amines) is 1. The minimum Gasteiger partial charge on any atom is -0.497 e. The fourth-order valence-electron chi connectivity index (χ4n) is 3.85. The Hall–Kier alpha value is -3.66. The second-order valence-electron chi connectivity index (χ2n) is 7.31. The molecular weight excluding hydrogens is 430 g/mol. The molecule has 2 aromatic carbocycles. The average Bonchev–Trinajstić information content (AvgIpc) is 3.44. The van der Waals surface area contributed by atoms with Crippen molar-refractivity contribution in [2.24, 2.45) is 0 Å². The van der Waals surface area contributed by atoms with Crippen LogP contribution in [0.25, 0.3) is 22.4 Å². The molecule has 0 bridgehead atoms. The smallest absolute Gasteiger partial charge is 0.267 e. The summed E-state index contributed by atoms with van der Waals surface area (Å²) in [6.45, 7) is 0.457. The molecule has 2 amide bonds. The van der Waals surface area contributed by atoms with Crippen molar-refractivity contribution in [1.29, 1.82) is 0 Å². The molecule has 0 radical (unpaired) electrons. The maximum Gasteiger partial charge on any atom is 0.267 e. The lowest BCUT2D eigenvalue weighted by atomic mass is 10.2. The third-order valence-corrected chi connectivity index (χ3v) is 6.34. The molecule has 4 aromatic rings. The van der Waals surface area contributed by atoms with Crippen molar-refractivity contribution in [3.05, 3.63) is 58.9 Å². The van der Waals surface area contributed by atoms with Gasteiger partial charge >= 0.3 is 0 Å². The maximum absolute atomic E-state index is 13.3. The van der Waals surface area contributed by atoms with E-state index in [0.717, 1.165) is 0 Å². The Balaban J connectivity index is 1.61.